The topological polar surface area (TPSA) is 29.5 Å². The number of ether oxygens (including phenoxy) is 1. The Hall–Kier alpha value is -1.82. The van der Waals surface area contributed by atoms with E-state index in [0.717, 1.165) is 19.2 Å². The van der Waals surface area contributed by atoms with Crippen molar-refractivity contribution in [3.8, 4) is 0 Å². The van der Waals surface area contributed by atoms with E-state index in [1.807, 2.05) is 0 Å². The van der Waals surface area contributed by atoms with Crippen molar-refractivity contribution in [1.29, 1.82) is 0 Å². The maximum absolute atomic E-state index is 13.2. The van der Waals surface area contributed by atoms with Crippen LogP contribution in [-0.2, 0) is 9.53 Å². The average Bonchev–Trinajstić information content (AvgIpc) is 2.36. The third-order valence-electron chi connectivity index (χ3n) is 2.60. The number of esters is 1. The van der Waals surface area contributed by atoms with Crippen LogP contribution in [0.3, 0.4) is 0 Å². The molecule has 0 spiro atoms. The molecule has 0 saturated carbocycles. The van der Waals surface area contributed by atoms with Crippen molar-refractivity contribution in [3.63, 3.8) is 0 Å². The van der Waals surface area contributed by atoms with Crippen LogP contribution in [-0.4, -0.2) is 31.6 Å². The Morgan fingerprint density at radius 1 is 1.42 bits per heavy atom. The summed E-state index contributed by atoms with van der Waals surface area (Å²) in [7, 11) is 2.72. The molecule has 104 valence electrons. The molecule has 0 unspecified atom stereocenters. The fraction of sp³-hybridized carbons (Fsp3) is 0.308. The van der Waals surface area contributed by atoms with Crippen LogP contribution in [0, 0.1) is 17.5 Å². The van der Waals surface area contributed by atoms with E-state index in [0.29, 0.717) is 6.54 Å². The number of methoxy groups -OCH3 is 1. The number of hydrogen-bond acceptors (Lipinski definition) is 3. The molecule has 1 atom stereocenters. The molecule has 3 nitrogen and oxygen atoms in total. The van der Waals surface area contributed by atoms with Gasteiger partial charge in [0.1, 0.15) is 6.04 Å². The van der Waals surface area contributed by atoms with Gasteiger partial charge < -0.3 is 4.74 Å². The Bertz CT molecular complexity index is 468. The third-order valence-corrected chi connectivity index (χ3v) is 2.60. The summed E-state index contributed by atoms with van der Waals surface area (Å²) < 4.78 is 43.9. The molecular formula is C13H14F3NO2. The number of hydrogen-bond donors (Lipinski definition) is 0. The summed E-state index contributed by atoms with van der Waals surface area (Å²) in [5.74, 6) is -4.97. The Labute approximate surface area is 109 Å². The standard InChI is InChI=1S/C13H14F3NO2/c1-4-5-17(2)12(13(18)19-3)8-6-9(14)11(16)10(15)7-8/h4,6-7,12H,1,5H2,2-3H3/t12-/m1/s1. The van der Waals surface area contributed by atoms with Crippen molar-refractivity contribution in [2.75, 3.05) is 20.7 Å². The van der Waals surface area contributed by atoms with Crippen molar-refractivity contribution < 1.29 is 22.7 Å². The Balaban J connectivity index is 3.24. The predicted molar refractivity (Wildman–Crippen MR) is 63.9 cm³/mol. The number of likely N-dealkylation sites (N-methyl/N-ethyl adjacent to an activating group) is 1. The normalized spacial score (nSPS) is 12.3. The molecule has 0 aliphatic carbocycles. The zero-order valence-electron chi connectivity index (χ0n) is 10.6. The number of carbonyl (C=O) groups excluding carboxylic acids is 1. The molecule has 0 saturated heterocycles. The van der Waals surface area contributed by atoms with Crippen LogP contribution >= 0.6 is 0 Å². The van der Waals surface area contributed by atoms with Gasteiger partial charge >= 0.3 is 5.97 Å². The van der Waals surface area contributed by atoms with Gasteiger partial charge in [0, 0.05) is 6.54 Å². The van der Waals surface area contributed by atoms with E-state index in [4.69, 9.17) is 0 Å². The molecule has 6 heteroatoms. The Morgan fingerprint density at radius 3 is 2.37 bits per heavy atom. The highest BCUT2D eigenvalue weighted by Crippen LogP contribution is 2.24. The summed E-state index contributed by atoms with van der Waals surface area (Å²) in [5.41, 5.74) is -0.0207. The molecule has 0 aliphatic rings. The lowest BCUT2D eigenvalue weighted by Gasteiger charge is -2.25. The maximum Gasteiger partial charge on any atom is 0.327 e. The second-order valence-electron chi connectivity index (χ2n) is 3.95. The Morgan fingerprint density at radius 2 is 1.95 bits per heavy atom. The fourth-order valence-electron chi connectivity index (χ4n) is 1.72. The van der Waals surface area contributed by atoms with Gasteiger partial charge in [0.2, 0.25) is 0 Å². The van der Waals surface area contributed by atoms with Gasteiger partial charge in [-0.1, -0.05) is 6.08 Å². The van der Waals surface area contributed by atoms with Crippen LogP contribution in [0.25, 0.3) is 0 Å². The molecule has 19 heavy (non-hydrogen) atoms. The number of benzene rings is 1. The first-order valence-electron chi connectivity index (χ1n) is 5.45. The van der Waals surface area contributed by atoms with Gasteiger partial charge in [-0.2, -0.15) is 0 Å². The molecule has 0 N–H and O–H groups in total. The van der Waals surface area contributed by atoms with E-state index in [9.17, 15) is 18.0 Å². The quantitative estimate of drug-likeness (QED) is 0.469. The average molecular weight is 273 g/mol. The van der Waals surface area contributed by atoms with Crippen LogP contribution in [0.5, 0.6) is 0 Å². The highest BCUT2D eigenvalue weighted by atomic mass is 19.2. The number of halogens is 3. The molecule has 0 fully saturated rings. The first-order chi connectivity index (χ1) is 8.92. The minimum absolute atomic E-state index is 0.0207. The molecule has 0 bridgehead atoms. The van der Waals surface area contributed by atoms with E-state index < -0.39 is 29.5 Å². The summed E-state index contributed by atoms with van der Waals surface area (Å²) in [4.78, 5) is 13.2. The van der Waals surface area contributed by atoms with Crippen molar-refractivity contribution in [1.82, 2.24) is 4.90 Å². The van der Waals surface area contributed by atoms with Crippen LogP contribution in [0.1, 0.15) is 11.6 Å². The minimum atomic E-state index is -1.57. The lowest BCUT2D eigenvalue weighted by atomic mass is 10.0. The van der Waals surface area contributed by atoms with Crippen molar-refractivity contribution >= 4 is 5.97 Å². The van der Waals surface area contributed by atoms with Gasteiger partial charge in [-0.15, -0.1) is 6.58 Å². The predicted octanol–water partition coefficient (Wildman–Crippen LogP) is 2.44. The second kappa shape index (κ2) is 6.38. The van der Waals surface area contributed by atoms with E-state index in [-0.39, 0.29) is 5.56 Å². The first-order valence-corrected chi connectivity index (χ1v) is 5.45. The van der Waals surface area contributed by atoms with Crippen molar-refractivity contribution in [3.05, 3.63) is 47.8 Å². The third kappa shape index (κ3) is 3.35. The lowest BCUT2D eigenvalue weighted by molar-refractivity contribution is -0.146. The molecule has 1 aromatic carbocycles. The van der Waals surface area contributed by atoms with Gasteiger partial charge in [0.25, 0.3) is 0 Å². The van der Waals surface area contributed by atoms with E-state index in [2.05, 4.69) is 11.3 Å². The molecule has 0 amide bonds. The zero-order chi connectivity index (χ0) is 14.6. The molecule has 0 radical (unpaired) electrons. The summed E-state index contributed by atoms with van der Waals surface area (Å²) in [5, 5.41) is 0. The maximum atomic E-state index is 13.2. The lowest BCUT2D eigenvalue weighted by Crippen LogP contribution is -2.32. The molecule has 1 rings (SSSR count). The summed E-state index contributed by atoms with van der Waals surface area (Å²) in [6, 6.07) is 0.520. The summed E-state index contributed by atoms with van der Waals surface area (Å²) in [6.45, 7) is 3.80. The van der Waals surface area contributed by atoms with E-state index in [1.165, 1.54) is 11.0 Å². The summed E-state index contributed by atoms with van der Waals surface area (Å²) >= 11 is 0. The van der Waals surface area contributed by atoms with Crippen LogP contribution in [0.4, 0.5) is 13.2 Å². The van der Waals surface area contributed by atoms with Gasteiger partial charge in [-0.05, 0) is 24.7 Å². The number of nitrogens with zero attached hydrogens (tertiary/aromatic N) is 1. The van der Waals surface area contributed by atoms with Gasteiger partial charge in [0.15, 0.2) is 17.5 Å². The summed E-state index contributed by atoms with van der Waals surface area (Å²) in [6.07, 6.45) is 1.52. The van der Waals surface area contributed by atoms with Crippen LogP contribution < -0.4 is 0 Å². The van der Waals surface area contributed by atoms with Gasteiger partial charge in [-0.3, -0.25) is 4.90 Å². The molecule has 0 heterocycles. The molecule has 1 aromatic rings. The van der Waals surface area contributed by atoms with E-state index >= 15 is 0 Å². The van der Waals surface area contributed by atoms with Crippen molar-refractivity contribution in [2.45, 2.75) is 6.04 Å². The fourth-order valence-corrected chi connectivity index (χ4v) is 1.72. The zero-order valence-corrected chi connectivity index (χ0v) is 10.6. The van der Waals surface area contributed by atoms with E-state index in [1.54, 1.807) is 7.05 Å². The SMILES string of the molecule is C=CCN(C)[C@@H](C(=O)OC)c1cc(F)c(F)c(F)c1. The largest absolute Gasteiger partial charge is 0.468 e. The van der Waals surface area contributed by atoms with Crippen LogP contribution in [0.15, 0.2) is 24.8 Å². The smallest absolute Gasteiger partial charge is 0.327 e. The monoisotopic (exact) mass is 273 g/mol. The first kappa shape index (κ1) is 15.2. The Kier molecular flexibility index (Phi) is 5.11. The van der Waals surface area contributed by atoms with Crippen LogP contribution in [0.2, 0.25) is 0 Å². The van der Waals surface area contributed by atoms with Crippen molar-refractivity contribution in [2.24, 2.45) is 0 Å². The number of carbonyl (C=O) groups is 1. The highest BCUT2D eigenvalue weighted by molar-refractivity contribution is 5.77. The molecule has 0 aromatic heterocycles. The van der Waals surface area contributed by atoms with Gasteiger partial charge in [0.05, 0.1) is 7.11 Å². The number of rotatable bonds is 5. The highest BCUT2D eigenvalue weighted by Gasteiger charge is 2.27. The second-order valence-corrected chi connectivity index (χ2v) is 3.95. The molecular weight excluding hydrogens is 259 g/mol. The molecule has 0 aliphatic heterocycles. The minimum Gasteiger partial charge on any atom is -0.468 e. The van der Waals surface area contributed by atoms with Gasteiger partial charge in [-0.25, -0.2) is 18.0 Å².